The zero-order valence-electron chi connectivity index (χ0n) is 13.7. The van der Waals surface area contributed by atoms with E-state index < -0.39 is 0 Å². The summed E-state index contributed by atoms with van der Waals surface area (Å²) in [5.41, 5.74) is 1.37. The average molecular weight is 302 g/mol. The van der Waals surface area contributed by atoms with Gasteiger partial charge in [-0.25, -0.2) is 0 Å². The number of hydrogen-bond acceptors (Lipinski definition) is 3. The normalized spacial score (nSPS) is 22.5. The Bertz CT molecular complexity index is 411. The fraction of sp³-hybridized carbons (Fsp3) is 0.684. The van der Waals surface area contributed by atoms with Gasteiger partial charge in [-0.3, -0.25) is 4.90 Å². The third-order valence-corrected chi connectivity index (χ3v) is 5.12. The van der Waals surface area contributed by atoms with Gasteiger partial charge < -0.3 is 10.1 Å². The summed E-state index contributed by atoms with van der Waals surface area (Å²) in [6, 6.07) is 10.9. The molecule has 0 spiro atoms. The van der Waals surface area contributed by atoms with Gasteiger partial charge in [0.15, 0.2) is 0 Å². The monoisotopic (exact) mass is 302 g/mol. The summed E-state index contributed by atoms with van der Waals surface area (Å²) in [6.45, 7) is 6.47. The maximum atomic E-state index is 6.41. The van der Waals surface area contributed by atoms with E-state index in [0.717, 1.165) is 39.3 Å². The van der Waals surface area contributed by atoms with Crippen molar-refractivity contribution in [2.45, 2.75) is 38.2 Å². The molecule has 1 atom stereocenters. The Morgan fingerprint density at radius 2 is 1.77 bits per heavy atom. The standard InChI is InChI=1S/C19H30N2O/c1-3-7-17(8-4-1)19(18-9-5-2-6-10-18)22-16-15-21-13-11-20-12-14-21/h1,3-4,7-8,18-20H,2,5-6,9-16H2. The highest BCUT2D eigenvalue weighted by Crippen LogP contribution is 2.36. The van der Waals surface area contributed by atoms with Crippen LogP contribution in [0.15, 0.2) is 30.3 Å². The Labute approximate surface area is 135 Å². The third kappa shape index (κ3) is 4.55. The van der Waals surface area contributed by atoms with E-state index in [4.69, 9.17) is 4.74 Å². The van der Waals surface area contributed by atoms with Crippen LogP contribution in [0.1, 0.15) is 43.8 Å². The number of piperazine rings is 1. The summed E-state index contributed by atoms with van der Waals surface area (Å²) in [4.78, 5) is 2.51. The van der Waals surface area contributed by atoms with E-state index in [1.807, 2.05) is 0 Å². The van der Waals surface area contributed by atoms with Gasteiger partial charge in [0.05, 0.1) is 12.7 Å². The summed E-state index contributed by atoms with van der Waals surface area (Å²) in [5.74, 6) is 0.708. The summed E-state index contributed by atoms with van der Waals surface area (Å²) in [6.07, 6.45) is 7.09. The zero-order valence-corrected chi connectivity index (χ0v) is 13.7. The second-order valence-corrected chi connectivity index (χ2v) is 6.69. The molecule has 1 aliphatic heterocycles. The van der Waals surface area contributed by atoms with Crippen LogP contribution < -0.4 is 5.32 Å². The number of nitrogens with zero attached hydrogens (tertiary/aromatic N) is 1. The van der Waals surface area contributed by atoms with Gasteiger partial charge in [0.2, 0.25) is 0 Å². The van der Waals surface area contributed by atoms with E-state index in [-0.39, 0.29) is 0 Å². The summed E-state index contributed by atoms with van der Waals surface area (Å²) < 4.78 is 6.41. The molecule has 1 saturated carbocycles. The lowest BCUT2D eigenvalue weighted by Gasteiger charge is -2.32. The Kier molecular flexibility index (Phi) is 6.29. The molecular weight excluding hydrogens is 272 g/mol. The average Bonchev–Trinajstić information content (AvgIpc) is 2.61. The van der Waals surface area contributed by atoms with Gasteiger partial charge in [0.25, 0.3) is 0 Å². The second kappa shape index (κ2) is 8.66. The molecule has 22 heavy (non-hydrogen) atoms. The van der Waals surface area contributed by atoms with Crippen molar-refractivity contribution in [2.75, 3.05) is 39.3 Å². The van der Waals surface area contributed by atoms with E-state index >= 15 is 0 Å². The van der Waals surface area contributed by atoms with Crippen LogP contribution in [0.5, 0.6) is 0 Å². The fourth-order valence-electron chi connectivity index (χ4n) is 3.83. The first-order valence-corrected chi connectivity index (χ1v) is 9.03. The maximum Gasteiger partial charge on any atom is 0.0853 e. The van der Waals surface area contributed by atoms with Crippen molar-refractivity contribution in [3.05, 3.63) is 35.9 Å². The van der Waals surface area contributed by atoms with E-state index in [0.29, 0.717) is 12.0 Å². The number of ether oxygens (including phenoxy) is 1. The molecule has 1 N–H and O–H groups in total. The van der Waals surface area contributed by atoms with Gasteiger partial charge in [0.1, 0.15) is 0 Å². The molecule has 0 bridgehead atoms. The number of benzene rings is 1. The number of rotatable bonds is 6. The van der Waals surface area contributed by atoms with Crippen LogP contribution >= 0.6 is 0 Å². The lowest BCUT2D eigenvalue weighted by molar-refractivity contribution is -0.0117. The van der Waals surface area contributed by atoms with E-state index in [9.17, 15) is 0 Å². The number of nitrogens with one attached hydrogen (secondary N) is 1. The predicted molar refractivity (Wildman–Crippen MR) is 91.0 cm³/mol. The Morgan fingerprint density at radius 3 is 2.50 bits per heavy atom. The van der Waals surface area contributed by atoms with E-state index in [1.165, 1.54) is 37.7 Å². The molecule has 2 aliphatic rings. The van der Waals surface area contributed by atoms with E-state index in [1.54, 1.807) is 0 Å². The largest absolute Gasteiger partial charge is 0.372 e. The summed E-state index contributed by atoms with van der Waals surface area (Å²) >= 11 is 0. The molecule has 0 aromatic heterocycles. The quantitative estimate of drug-likeness (QED) is 0.873. The summed E-state index contributed by atoms with van der Waals surface area (Å²) in [5, 5.41) is 3.41. The smallest absolute Gasteiger partial charge is 0.0853 e. The molecule has 1 heterocycles. The highest BCUT2D eigenvalue weighted by molar-refractivity contribution is 5.18. The van der Waals surface area contributed by atoms with Crippen LogP contribution in [-0.4, -0.2) is 44.2 Å². The maximum absolute atomic E-state index is 6.41. The topological polar surface area (TPSA) is 24.5 Å². The molecule has 3 rings (SSSR count). The van der Waals surface area contributed by atoms with Crippen LogP contribution in [-0.2, 0) is 4.74 Å². The molecule has 1 aromatic rings. The molecule has 1 aromatic carbocycles. The molecule has 0 amide bonds. The number of hydrogen-bond donors (Lipinski definition) is 1. The van der Waals surface area contributed by atoms with Crippen molar-refractivity contribution >= 4 is 0 Å². The first-order chi connectivity index (χ1) is 10.9. The first kappa shape index (κ1) is 16.0. The molecule has 1 saturated heterocycles. The Hall–Kier alpha value is -0.900. The van der Waals surface area contributed by atoms with Gasteiger partial charge in [-0.05, 0) is 24.3 Å². The molecule has 0 radical (unpaired) electrons. The Balaban J connectivity index is 1.56. The van der Waals surface area contributed by atoms with Gasteiger partial charge in [-0.2, -0.15) is 0 Å². The Morgan fingerprint density at radius 1 is 1.05 bits per heavy atom. The van der Waals surface area contributed by atoms with Gasteiger partial charge >= 0.3 is 0 Å². The lowest BCUT2D eigenvalue weighted by atomic mass is 9.82. The lowest BCUT2D eigenvalue weighted by Crippen LogP contribution is -2.44. The minimum Gasteiger partial charge on any atom is -0.372 e. The highest BCUT2D eigenvalue weighted by Gasteiger charge is 2.25. The van der Waals surface area contributed by atoms with Gasteiger partial charge in [-0.1, -0.05) is 49.6 Å². The van der Waals surface area contributed by atoms with Crippen molar-refractivity contribution in [3.8, 4) is 0 Å². The second-order valence-electron chi connectivity index (χ2n) is 6.69. The molecule has 1 aliphatic carbocycles. The molecule has 1 unspecified atom stereocenters. The molecule has 3 heteroatoms. The first-order valence-electron chi connectivity index (χ1n) is 9.03. The minimum absolute atomic E-state index is 0.296. The molecule has 2 fully saturated rings. The summed E-state index contributed by atoms with van der Waals surface area (Å²) in [7, 11) is 0. The molecule has 3 nitrogen and oxygen atoms in total. The third-order valence-electron chi connectivity index (χ3n) is 5.12. The molecular formula is C19H30N2O. The predicted octanol–water partition coefficient (Wildman–Crippen LogP) is 3.23. The van der Waals surface area contributed by atoms with Crippen molar-refractivity contribution in [2.24, 2.45) is 5.92 Å². The van der Waals surface area contributed by atoms with Crippen molar-refractivity contribution in [3.63, 3.8) is 0 Å². The van der Waals surface area contributed by atoms with Crippen LogP contribution in [0.25, 0.3) is 0 Å². The van der Waals surface area contributed by atoms with Crippen molar-refractivity contribution in [1.29, 1.82) is 0 Å². The fourth-order valence-corrected chi connectivity index (χ4v) is 3.83. The van der Waals surface area contributed by atoms with Crippen molar-refractivity contribution in [1.82, 2.24) is 10.2 Å². The molecule has 122 valence electrons. The van der Waals surface area contributed by atoms with Crippen LogP contribution in [0.2, 0.25) is 0 Å². The van der Waals surface area contributed by atoms with E-state index in [2.05, 4.69) is 40.5 Å². The zero-order chi connectivity index (χ0) is 15.0. The van der Waals surface area contributed by atoms with Crippen LogP contribution in [0.3, 0.4) is 0 Å². The van der Waals surface area contributed by atoms with Gasteiger partial charge in [-0.15, -0.1) is 0 Å². The van der Waals surface area contributed by atoms with Crippen LogP contribution in [0, 0.1) is 5.92 Å². The minimum atomic E-state index is 0.296. The van der Waals surface area contributed by atoms with Crippen molar-refractivity contribution < 1.29 is 4.74 Å². The SMILES string of the molecule is c1ccc(C(OCCN2CCNCC2)C2CCCCC2)cc1. The highest BCUT2D eigenvalue weighted by atomic mass is 16.5. The van der Waals surface area contributed by atoms with Gasteiger partial charge in [0, 0.05) is 32.7 Å². The van der Waals surface area contributed by atoms with Crippen LogP contribution in [0.4, 0.5) is 0 Å².